The average molecular weight is 273 g/mol. The van der Waals surface area contributed by atoms with Crippen LogP contribution in [-0.4, -0.2) is 19.6 Å². The molecule has 0 heterocycles. The van der Waals surface area contributed by atoms with Crippen molar-refractivity contribution in [3.05, 3.63) is 29.6 Å². The van der Waals surface area contributed by atoms with Gasteiger partial charge in [0.05, 0.1) is 6.61 Å². The zero-order valence-electron chi connectivity index (χ0n) is 9.89. The quantitative estimate of drug-likeness (QED) is 0.874. The van der Waals surface area contributed by atoms with Crippen molar-refractivity contribution in [1.82, 2.24) is 4.72 Å². The highest BCUT2D eigenvalue weighted by atomic mass is 32.2. The summed E-state index contributed by atoms with van der Waals surface area (Å²) in [5, 5.41) is 8.85. The SMILES string of the molecule is O=S(=O)(NC1CCCC1)c1ccc(CO)cc1F. The van der Waals surface area contributed by atoms with E-state index in [1.807, 2.05) is 0 Å². The summed E-state index contributed by atoms with van der Waals surface area (Å²) in [6.07, 6.45) is 3.60. The van der Waals surface area contributed by atoms with Gasteiger partial charge in [0.2, 0.25) is 10.0 Å². The number of benzene rings is 1. The average Bonchev–Trinajstić information content (AvgIpc) is 2.80. The Kier molecular flexibility index (Phi) is 3.99. The molecule has 1 fully saturated rings. The van der Waals surface area contributed by atoms with Crippen LogP contribution in [0, 0.1) is 5.82 Å². The van der Waals surface area contributed by atoms with Gasteiger partial charge in [-0.05, 0) is 30.5 Å². The molecular weight excluding hydrogens is 257 g/mol. The van der Waals surface area contributed by atoms with Gasteiger partial charge in [-0.25, -0.2) is 17.5 Å². The monoisotopic (exact) mass is 273 g/mol. The third-order valence-corrected chi connectivity index (χ3v) is 4.70. The Morgan fingerprint density at radius 3 is 2.56 bits per heavy atom. The van der Waals surface area contributed by atoms with E-state index in [9.17, 15) is 12.8 Å². The number of aliphatic hydroxyl groups excluding tert-OH is 1. The van der Waals surface area contributed by atoms with Gasteiger partial charge in [-0.2, -0.15) is 0 Å². The molecule has 0 bridgehead atoms. The minimum absolute atomic E-state index is 0.0908. The van der Waals surface area contributed by atoms with Crippen molar-refractivity contribution in [3.8, 4) is 0 Å². The highest BCUT2D eigenvalue weighted by Crippen LogP contribution is 2.22. The lowest BCUT2D eigenvalue weighted by Gasteiger charge is -2.13. The fourth-order valence-electron chi connectivity index (χ4n) is 2.19. The highest BCUT2D eigenvalue weighted by molar-refractivity contribution is 7.89. The van der Waals surface area contributed by atoms with Gasteiger partial charge in [-0.15, -0.1) is 0 Å². The maximum Gasteiger partial charge on any atom is 0.243 e. The molecule has 1 aliphatic rings. The molecule has 0 aliphatic heterocycles. The lowest BCUT2D eigenvalue weighted by atomic mass is 10.2. The normalized spacial score (nSPS) is 17.2. The maximum absolute atomic E-state index is 13.7. The van der Waals surface area contributed by atoms with Gasteiger partial charge in [-0.3, -0.25) is 0 Å². The molecule has 1 aromatic carbocycles. The summed E-state index contributed by atoms with van der Waals surface area (Å²) >= 11 is 0. The Morgan fingerprint density at radius 2 is 2.00 bits per heavy atom. The van der Waals surface area contributed by atoms with E-state index in [2.05, 4.69) is 4.72 Å². The van der Waals surface area contributed by atoms with Crippen LogP contribution in [0.4, 0.5) is 4.39 Å². The van der Waals surface area contributed by atoms with Crippen LogP contribution in [0.2, 0.25) is 0 Å². The molecule has 0 saturated heterocycles. The van der Waals surface area contributed by atoms with Gasteiger partial charge in [0.1, 0.15) is 10.7 Å². The molecule has 2 rings (SSSR count). The topological polar surface area (TPSA) is 66.4 Å². The predicted octanol–water partition coefficient (Wildman–Crippen LogP) is 1.54. The van der Waals surface area contributed by atoms with Gasteiger partial charge >= 0.3 is 0 Å². The summed E-state index contributed by atoms with van der Waals surface area (Å²) in [5.74, 6) is -0.827. The Morgan fingerprint density at radius 1 is 1.33 bits per heavy atom. The van der Waals surface area contributed by atoms with Crippen LogP contribution in [0.25, 0.3) is 0 Å². The number of rotatable bonds is 4. The van der Waals surface area contributed by atoms with E-state index in [1.54, 1.807) is 0 Å². The first kappa shape index (κ1) is 13.5. The number of hydrogen-bond acceptors (Lipinski definition) is 3. The molecule has 0 radical (unpaired) electrons. The molecule has 1 saturated carbocycles. The highest BCUT2D eigenvalue weighted by Gasteiger charge is 2.25. The van der Waals surface area contributed by atoms with Crippen molar-refractivity contribution < 1.29 is 17.9 Å². The van der Waals surface area contributed by atoms with Crippen LogP contribution >= 0.6 is 0 Å². The molecule has 1 aromatic rings. The molecule has 100 valence electrons. The molecule has 2 N–H and O–H groups in total. The second-order valence-electron chi connectivity index (χ2n) is 4.53. The van der Waals surface area contributed by atoms with E-state index in [0.717, 1.165) is 31.7 Å². The van der Waals surface area contributed by atoms with Crippen LogP contribution in [0.5, 0.6) is 0 Å². The maximum atomic E-state index is 13.7. The molecule has 0 amide bonds. The summed E-state index contributed by atoms with van der Waals surface area (Å²) in [4.78, 5) is -0.355. The summed E-state index contributed by atoms with van der Waals surface area (Å²) in [5.41, 5.74) is 0.354. The van der Waals surface area contributed by atoms with E-state index in [4.69, 9.17) is 5.11 Å². The molecule has 1 aliphatic carbocycles. The largest absolute Gasteiger partial charge is 0.392 e. The van der Waals surface area contributed by atoms with Gasteiger partial charge < -0.3 is 5.11 Å². The molecular formula is C12H16FNO3S. The molecule has 4 nitrogen and oxygen atoms in total. The van der Waals surface area contributed by atoms with E-state index in [1.165, 1.54) is 12.1 Å². The Bertz CT molecular complexity index is 524. The summed E-state index contributed by atoms with van der Waals surface area (Å²) < 4.78 is 40.2. The van der Waals surface area contributed by atoms with Gasteiger partial charge in [0, 0.05) is 6.04 Å². The van der Waals surface area contributed by atoms with Crippen molar-refractivity contribution in [2.24, 2.45) is 0 Å². The molecule has 0 atom stereocenters. The lowest BCUT2D eigenvalue weighted by molar-refractivity contribution is 0.281. The minimum Gasteiger partial charge on any atom is -0.392 e. The Balaban J connectivity index is 2.23. The van der Waals surface area contributed by atoms with Crippen molar-refractivity contribution in [2.45, 2.75) is 43.2 Å². The number of halogens is 1. The standard InChI is InChI=1S/C12H16FNO3S/c13-11-7-9(8-15)5-6-12(11)18(16,17)14-10-3-1-2-4-10/h5-7,10,14-15H,1-4,8H2. The van der Waals surface area contributed by atoms with Gasteiger partial charge in [-0.1, -0.05) is 18.9 Å². The molecule has 0 spiro atoms. The van der Waals surface area contributed by atoms with Crippen LogP contribution in [0.3, 0.4) is 0 Å². The van der Waals surface area contributed by atoms with Gasteiger partial charge in [0.15, 0.2) is 0 Å². The molecule has 6 heteroatoms. The van der Waals surface area contributed by atoms with Crippen molar-refractivity contribution >= 4 is 10.0 Å². The number of aliphatic hydroxyl groups is 1. The van der Waals surface area contributed by atoms with Crippen LogP contribution in [0.15, 0.2) is 23.1 Å². The van der Waals surface area contributed by atoms with Crippen LogP contribution in [0.1, 0.15) is 31.2 Å². The van der Waals surface area contributed by atoms with Crippen molar-refractivity contribution in [2.75, 3.05) is 0 Å². The lowest BCUT2D eigenvalue weighted by Crippen LogP contribution is -2.33. The predicted molar refractivity (Wildman–Crippen MR) is 64.9 cm³/mol. The smallest absolute Gasteiger partial charge is 0.243 e. The first-order valence-electron chi connectivity index (χ1n) is 5.94. The summed E-state index contributed by atoms with van der Waals surface area (Å²) in [6.45, 7) is -0.312. The number of nitrogens with one attached hydrogen (secondary N) is 1. The third-order valence-electron chi connectivity index (χ3n) is 3.15. The fourth-order valence-corrected chi connectivity index (χ4v) is 3.55. The Labute approximate surface area is 106 Å². The summed E-state index contributed by atoms with van der Waals surface area (Å²) in [7, 11) is -3.81. The van der Waals surface area contributed by atoms with Crippen molar-refractivity contribution in [3.63, 3.8) is 0 Å². The third kappa shape index (κ3) is 2.88. The number of sulfonamides is 1. The first-order valence-corrected chi connectivity index (χ1v) is 7.43. The molecule has 18 heavy (non-hydrogen) atoms. The van der Waals surface area contributed by atoms with E-state index in [-0.39, 0.29) is 17.5 Å². The molecule has 0 unspecified atom stereocenters. The van der Waals surface area contributed by atoms with Crippen molar-refractivity contribution in [1.29, 1.82) is 0 Å². The first-order chi connectivity index (χ1) is 8.53. The second-order valence-corrected chi connectivity index (χ2v) is 6.21. The van der Waals surface area contributed by atoms with Gasteiger partial charge in [0.25, 0.3) is 0 Å². The molecule has 0 aromatic heterocycles. The van der Waals surface area contributed by atoms with E-state index in [0.29, 0.717) is 5.56 Å². The Hall–Kier alpha value is -0.980. The van der Waals surface area contributed by atoms with Crippen LogP contribution in [-0.2, 0) is 16.6 Å². The number of hydrogen-bond donors (Lipinski definition) is 2. The van der Waals surface area contributed by atoms with Crippen LogP contribution < -0.4 is 4.72 Å². The minimum atomic E-state index is -3.81. The zero-order chi connectivity index (χ0) is 13.2. The van der Waals surface area contributed by atoms with E-state index >= 15 is 0 Å². The second kappa shape index (κ2) is 5.34. The zero-order valence-corrected chi connectivity index (χ0v) is 10.7. The summed E-state index contributed by atoms with van der Waals surface area (Å²) in [6, 6.07) is 3.56. The fraction of sp³-hybridized carbons (Fsp3) is 0.500. The van der Waals surface area contributed by atoms with E-state index < -0.39 is 15.8 Å².